The Morgan fingerprint density at radius 3 is 1.97 bits per heavy atom. The molecule has 0 saturated carbocycles. The van der Waals surface area contributed by atoms with Gasteiger partial charge in [0.1, 0.15) is 17.1 Å². The summed E-state index contributed by atoms with van der Waals surface area (Å²) in [4.78, 5) is 27.3. The molecule has 2 heterocycles. The fourth-order valence-corrected chi connectivity index (χ4v) is 4.42. The number of aryl methyl sites for hydroxylation is 2. The molecule has 0 atom stereocenters. The average molecular weight is 494 g/mol. The van der Waals surface area contributed by atoms with E-state index in [-0.39, 0.29) is 10.7 Å². The summed E-state index contributed by atoms with van der Waals surface area (Å²) in [6.45, 7) is 4.09. The first-order chi connectivity index (χ1) is 17.4. The average Bonchev–Trinajstić information content (AvgIpc) is 3.21. The molecule has 2 amide bonds. The Labute approximate surface area is 214 Å². The normalized spacial score (nSPS) is 14.8. The number of benzene rings is 3. The molecule has 1 saturated heterocycles. The van der Waals surface area contributed by atoms with Crippen molar-refractivity contribution in [2.75, 3.05) is 4.90 Å². The van der Waals surface area contributed by atoms with Gasteiger partial charge in [0.2, 0.25) is 0 Å². The smallest absolute Gasteiger partial charge is 0.270 e. The number of carbonyl (C=O) groups is 2. The number of hydrogen-bond acceptors (Lipinski definition) is 4. The van der Waals surface area contributed by atoms with Gasteiger partial charge in [-0.1, -0.05) is 30.3 Å². The predicted octanol–water partition coefficient (Wildman–Crippen LogP) is 5.72. The van der Waals surface area contributed by atoms with Crippen molar-refractivity contribution in [3.63, 3.8) is 0 Å². The quantitative estimate of drug-likeness (QED) is 0.220. The van der Waals surface area contributed by atoms with E-state index >= 15 is 0 Å². The van der Waals surface area contributed by atoms with Crippen LogP contribution in [0.2, 0.25) is 0 Å². The molecule has 178 valence electrons. The summed E-state index contributed by atoms with van der Waals surface area (Å²) in [6.07, 6.45) is 1.58. The van der Waals surface area contributed by atoms with Gasteiger partial charge in [0.15, 0.2) is 5.11 Å². The van der Waals surface area contributed by atoms with Crippen molar-refractivity contribution in [2.45, 2.75) is 13.8 Å². The van der Waals surface area contributed by atoms with E-state index in [9.17, 15) is 9.59 Å². The van der Waals surface area contributed by atoms with Gasteiger partial charge in [-0.3, -0.25) is 19.8 Å². The molecule has 0 unspecified atom stereocenters. The monoisotopic (exact) mass is 493 g/mol. The van der Waals surface area contributed by atoms with Crippen LogP contribution < -0.4 is 15.0 Å². The highest BCUT2D eigenvalue weighted by Gasteiger charge is 2.34. The molecule has 5 rings (SSSR count). The minimum absolute atomic E-state index is 0.00860. The van der Waals surface area contributed by atoms with Gasteiger partial charge in [-0.2, -0.15) is 0 Å². The Balaban J connectivity index is 1.39. The molecule has 1 N–H and O–H groups in total. The summed E-state index contributed by atoms with van der Waals surface area (Å²) in [5, 5.41) is 2.66. The van der Waals surface area contributed by atoms with Gasteiger partial charge in [0.05, 0.1) is 5.69 Å². The number of hydrogen-bond donors (Lipinski definition) is 1. The number of carbonyl (C=O) groups excluding carboxylic acids is 2. The SMILES string of the molecule is Cc1ccc(C)n1-c1ccc(/C=C2/C(=O)NC(=S)N(c3ccc(Oc4ccccc4)cc3)C2=O)cc1. The van der Waals surface area contributed by atoms with Crippen LogP contribution in [0, 0.1) is 13.8 Å². The first-order valence-electron chi connectivity index (χ1n) is 11.4. The highest BCUT2D eigenvalue weighted by molar-refractivity contribution is 7.80. The van der Waals surface area contributed by atoms with Gasteiger partial charge in [-0.15, -0.1) is 0 Å². The second-order valence-corrected chi connectivity index (χ2v) is 8.80. The fourth-order valence-electron chi connectivity index (χ4n) is 4.14. The number of anilines is 1. The van der Waals surface area contributed by atoms with Gasteiger partial charge in [-0.25, -0.2) is 0 Å². The van der Waals surface area contributed by atoms with Crippen LogP contribution in [-0.2, 0) is 9.59 Å². The van der Waals surface area contributed by atoms with Gasteiger partial charge in [-0.05, 0) is 98.4 Å². The highest BCUT2D eigenvalue weighted by atomic mass is 32.1. The third kappa shape index (κ3) is 4.56. The van der Waals surface area contributed by atoms with Gasteiger partial charge < -0.3 is 9.30 Å². The van der Waals surface area contributed by atoms with Gasteiger partial charge >= 0.3 is 0 Å². The van der Waals surface area contributed by atoms with E-state index in [0.29, 0.717) is 17.2 Å². The zero-order chi connectivity index (χ0) is 25.2. The number of nitrogens with zero attached hydrogens (tertiary/aromatic N) is 2. The van der Waals surface area contributed by atoms with E-state index in [2.05, 4.69) is 22.0 Å². The minimum Gasteiger partial charge on any atom is -0.457 e. The summed E-state index contributed by atoms with van der Waals surface area (Å²) < 4.78 is 7.96. The molecular formula is C29H23N3O3S. The molecule has 1 aliphatic rings. The van der Waals surface area contributed by atoms with Gasteiger partial charge in [0, 0.05) is 17.1 Å². The molecule has 0 aliphatic carbocycles. The zero-order valence-electron chi connectivity index (χ0n) is 19.8. The lowest BCUT2D eigenvalue weighted by Gasteiger charge is -2.29. The largest absolute Gasteiger partial charge is 0.457 e. The predicted molar refractivity (Wildman–Crippen MR) is 144 cm³/mol. The van der Waals surface area contributed by atoms with Crippen LogP contribution in [0.1, 0.15) is 17.0 Å². The van der Waals surface area contributed by atoms with Crippen molar-refractivity contribution >= 4 is 40.9 Å². The van der Waals surface area contributed by atoms with Crippen molar-refractivity contribution in [2.24, 2.45) is 0 Å². The molecule has 1 aliphatic heterocycles. The lowest BCUT2D eigenvalue weighted by molar-refractivity contribution is -0.122. The number of ether oxygens (including phenoxy) is 1. The number of nitrogens with one attached hydrogen (secondary N) is 1. The van der Waals surface area contributed by atoms with E-state index in [4.69, 9.17) is 17.0 Å². The maximum Gasteiger partial charge on any atom is 0.270 e. The molecule has 0 radical (unpaired) electrons. The second kappa shape index (κ2) is 9.64. The molecule has 7 heteroatoms. The fraction of sp³-hybridized carbons (Fsp3) is 0.0690. The Hall–Kier alpha value is -4.49. The summed E-state index contributed by atoms with van der Waals surface area (Å²) in [5.41, 5.74) is 4.55. The Morgan fingerprint density at radius 2 is 1.33 bits per heavy atom. The first-order valence-corrected chi connectivity index (χ1v) is 11.8. The minimum atomic E-state index is -0.522. The number of amides is 2. The third-order valence-electron chi connectivity index (χ3n) is 5.91. The van der Waals surface area contributed by atoms with Crippen LogP contribution in [0.15, 0.2) is 96.6 Å². The van der Waals surface area contributed by atoms with Crippen molar-refractivity contribution < 1.29 is 14.3 Å². The zero-order valence-corrected chi connectivity index (χ0v) is 20.6. The van der Waals surface area contributed by atoms with Gasteiger partial charge in [0.25, 0.3) is 11.8 Å². The van der Waals surface area contributed by atoms with Crippen LogP contribution in [0.5, 0.6) is 11.5 Å². The lowest BCUT2D eigenvalue weighted by atomic mass is 10.1. The van der Waals surface area contributed by atoms with Crippen LogP contribution in [-0.4, -0.2) is 21.5 Å². The van der Waals surface area contributed by atoms with Crippen LogP contribution >= 0.6 is 12.2 Å². The van der Waals surface area contributed by atoms with Crippen molar-refractivity contribution in [3.05, 3.63) is 114 Å². The summed E-state index contributed by atoms with van der Waals surface area (Å²) in [6, 6.07) is 28.2. The summed E-state index contributed by atoms with van der Waals surface area (Å²) in [5.74, 6) is 0.321. The van der Waals surface area contributed by atoms with E-state index in [1.54, 1.807) is 30.3 Å². The maximum absolute atomic E-state index is 13.3. The number of para-hydroxylation sites is 1. The van der Waals surface area contributed by atoms with E-state index in [1.807, 2.05) is 68.4 Å². The third-order valence-corrected chi connectivity index (χ3v) is 6.19. The summed E-state index contributed by atoms with van der Waals surface area (Å²) >= 11 is 5.32. The maximum atomic E-state index is 13.3. The molecule has 6 nitrogen and oxygen atoms in total. The molecule has 36 heavy (non-hydrogen) atoms. The number of aromatic nitrogens is 1. The molecule has 1 aromatic heterocycles. The molecule has 3 aromatic carbocycles. The molecule has 4 aromatic rings. The van der Waals surface area contributed by atoms with Crippen LogP contribution in [0.3, 0.4) is 0 Å². The molecular weight excluding hydrogens is 470 g/mol. The Kier molecular flexibility index (Phi) is 6.23. The first kappa shape index (κ1) is 23.3. The van der Waals surface area contributed by atoms with Crippen molar-refractivity contribution in [3.8, 4) is 17.2 Å². The second-order valence-electron chi connectivity index (χ2n) is 8.41. The standard InChI is InChI=1S/C29H23N3O3S/c1-19-8-9-20(2)31(19)22-12-10-21(11-13-22)18-26-27(33)30-29(36)32(28(26)34)23-14-16-25(17-15-23)35-24-6-4-3-5-7-24/h3-18H,1-2H3,(H,30,33,36)/b26-18-. The molecule has 1 fully saturated rings. The van der Waals surface area contributed by atoms with E-state index in [1.165, 1.54) is 4.90 Å². The Morgan fingerprint density at radius 1 is 0.750 bits per heavy atom. The Bertz CT molecular complexity index is 1470. The van der Waals surface area contributed by atoms with E-state index < -0.39 is 11.8 Å². The molecule has 0 spiro atoms. The van der Waals surface area contributed by atoms with Crippen molar-refractivity contribution in [1.82, 2.24) is 9.88 Å². The van der Waals surface area contributed by atoms with E-state index in [0.717, 1.165) is 22.6 Å². The van der Waals surface area contributed by atoms with Crippen LogP contribution in [0.25, 0.3) is 11.8 Å². The topological polar surface area (TPSA) is 63.6 Å². The van der Waals surface area contributed by atoms with Crippen LogP contribution in [0.4, 0.5) is 5.69 Å². The molecule has 0 bridgehead atoms. The number of thiocarbonyl (C=S) groups is 1. The highest BCUT2D eigenvalue weighted by Crippen LogP contribution is 2.27. The van der Waals surface area contributed by atoms with Crippen molar-refractivity contribution in [1.29, 1.82) is 0 Å². The summed E-state index contributed by atoms with van der Waals surface area (Å²) in [7, 11) is 0. The lowest BCUT2D eigenvalue weighted by Crippen LogP contribution is -2.54. The number of rotatable bonds is 5.